The summed E-state index contributed by atoms with van der Waals surface area (Å²) in [6.45, 7) is 2.40. The summed E-state index contributed by atoms with van der Waals surface area (Å²) in [7, 11) is -11.0. The van der Waals surface area contributed by atoms with Crippen LogP contribution in [0.1, 0.15) is 232 Å². The molecule has 2 aliphatic carbocycles. The summed E-state index contributed by atoms with van der Waals surface area (Å²) in [4.78, 5) is 34.9. The molecule has 1 heterocycles. The van der Waals surface area contributed by atoms with Crippen LogP contribution in [0.15, 0.2) is 0 Å². The van der Waals surface area contributed by atoms with Crippen LogP contribution in [0.3, 0.4) is 0 Å². The van der Waals surface area contributed by atoms with Crippen LogP contribution in [0, 0.1) is 0 Å². The van der Waals surface area contributed by atoms with Crippen LogP contribution in [0.2, 0.25) is 0 Å². The molecule has 0 bridgehead atoms. The van der Waals surface area contributed by atoms with Gasteiger partial charge in [-0.3, -0.25) is 22.9 Å². The highest BCUT2D eigenvalue weighted by atomic mass is 31.2. The van der Waals surface area contributed by atoms with Crippen LogP contribution in [0.4, 0.5) is 0 Å². The van der Waals surface area contributed by atoms with E-state index in [1.165, 1.54) is 135 Å². The lowest BCUT2D eigenvalue weighted by molar-refractivity contribution is -0.337. The van der Waals surface area contributed by atoms with Crippen LogP contribution in [0.5, 0.6) is 0 Å². The minimum Gasteiger partial charge on any atom is -0.391 e. The monoisotopic (exact) mass is 1270 g/mol. The highest BCUT2D eigenvalue weighted by Gasteiger charge is 2.56. The molecule has 21 atom stereocenters. The normalized spacial score (nSPS) is 32.2. The molecular weight excluding hydrogens is 1160 g/mol. The van der Waals surface area contributed by atoms with Crippen molar-refractivity contribution in [2.75, 3.05) is 13.2 Å². The Morgan fingerprint density at radius 2 is 0.753 bits per heavy atom. The number of rotatable bonds is 48. The van der Waals surface area contributed by atoms with Gasteiger partial charge in [0.15, 0.2) is 6.29 Å². The van der Waals surface area contributed by atoms with Crippen LogP contribution in [0.25, 0.3) is 0 Å². The standard InChI is InChI=1S/C58H113NO24P2/c1-3-5-7-9-11-13-15-17-18-19-20-21-22-24-26-28-30-32-34-36-42(61)59-39(40(60)35-33-31-29-27-25-23-16-14-12-10-8-6-4-2)37-78-84(74,75)83-57-53(72)49(68)48(67)52(71)56(57)81-58-54(73)44(63)43(62)41(80-58)38-79-85(76,77)82-55-50(69)46(65)45(64)47(66)51(55)70/h39-41,43-58,60,62-73H,3-38H2,1-2H3,(H,59,61)(H,74,75)(H,76,77)/t39-,40+,41+,43+,44?,45?,46+,47?,48?,49?,50?,51?,52+,53?,54?,55?,56?,57-,58+/m0/s1. The number of carbonyl (C=O) groups excluding carboxylic acids is 1. The number of nitrogens with one attached hydrogen (secondary N) is 1. The highest BCUT2D eigenvalue weighted by Crippen LogP contribution is 2.49. The quantitative estimate of drug-likeness (QED) is 0.0292. The lowest BCUT2D eigenvalue weighted by Gasteiger charge is -2.47. The fourth-order valence-electron chi connectivity index (χ4n) is 11.3. The number of hydrogen-bond donors (Lipinski definition) is 16. The van der Waals surface area contributed by atoms with E-state index < -0.39 is 151 Å². The molecule has 27 heteroatoms. The van der Waals surface area contributed by atoms with Crippen molar-refractivity contribution in [2.24, 2.45) is 0 Å². The predicted octanol–water partition coefficient (Wildman–Crippen LogP) is 4.61. The molecule has 1 amide bonds. The summed E-state index contributed by atoms with van der Waals surface area (Å²) >= 11 is 0. The molecule has 504 valence electrons. The summed E-state index contributed by atoms with van der Waals surface area (Å²) in [5.41, 5.74) is 0. The van der Waals surface area contributed by atoms with Gasteiger partial charge >= 0.3 is 15.6 Å². The number of carbonyl (C=O) groups is 1. The third-order valence-corrected chi connectivity index (χ3v) is 18.8. The molecule has 13 unspecified atom stereocenters. The van der Waals surface area contributed by atoms with E-state index in [2.05, 4.69) is 19.2 Å². The van der Waals surface area contributed by atoms with E-state index in [1.54, 1.807) is 0 Å². The first-order chi connectivity index (χ1) is 40.5. The van der Waals surface area contributed by atoms with E-state index in [-0.39, 0.29) is 12.8 Å². The lowest BCUT2D eigenvalue weighted by atomic mass is 9.84. The molecule has 0 radical (unpaired) electrons. The molecule has 85 heavy (non-hydrogen) atoms. The molecule has 1 aliphatic heterocycles. The first-order valence-corrected chi connectivity index (χ1v) is 35.2. The van der Waals surface area contributed by atoms with Crippen molar-refractivity contribution < 1.29 is 118 Å². The molecule has 1 saturated heterocycles. The third-order valence-electron chi connectivity index (χ3n) is 16.8. The minimum absolute atomic E-state index is 0.108. The van der Waals surface area contributed by atoms with Crippen molar-refractivity contribution in [3.63, 3.8) is 0 Å². The Kier molecular flexibility index (Phi) is 39.6. The fraction of sp³-hybridized carbons (Fsp3) is 0.983. The molecule has 3 rings (SSSR count). The predicted molar refractivity (Wildman–Crippen MR) is 313 cm³/mol. The maximum absolute atomic E-state index is 13.8. The number of aliphatic hydroxyl groups excluding tert-OH is 13. The van der Waals surface area contributed by atoms with Gasteiger partial charge in [0.05, 0.1) is 25.4 Å². The van der Waals surface area contributed by atoms with Crippen molar-refractivity contribution in [2.45, 2.75) is 348 Å². The molecule has 25 nitrogen and oxygen atoms in total. The first-order valence-electron chi connectivity index (χ1n) is 32.2. The number of phosphoric acid groups is 2. The Labute approximate surface area is 504 Å². The second kappa shape index (κ2) is 43.0. The maximum atomic E-state index is 13.8. The molecule has 0 spiro atoms. The topological polar surface area (TPSA) is 422 Å². The van der Waals surface area contributed by atoms with E-state index in [0.717, 1.165) is 57.8 Å². The number of amides is 1. The zero-order valence-corrected chi connectivity index (χ0v) is 52.5. The average molecular weight is 1270 g/mol. The van der Waals surface area contributed by atoms with Crippen LogP contribution in [-0.4, -0.2) is 211 Å². The van der Waals surface area contributed by atoms with Gasteiger partial charge < -0.3 is 91.0 Å². The van der Waals surface area contributed by atoms with Crippen molar-refractivity contribution in [3.8, 4) is 0 Å². The summed E-state index contributed by atoms with van der Waals surface area (Å²) in [5.74, 6) is -0.436. The Hall–Kier alpha value is -0.910. The van der Waals surface area contributed by atoms with Crippen molar-refractivity contribution >= 4 is 21.6 Å². The Morgan fingerprint density at radius 1 is 0.424 bits per heavy atom. The summed E-state index contributed by atoms with van der Waals surface area (Å²) in [6.07, 6.45) is -1.82. The zero-order chi connectivity index (χ0) is 63.0. The summed E-state index contributed by atoms with van der Waals surface area (Å²) < 4.78 is 57.9. The smallest absolute Gasteiger partial charge is 0.391 e. The van der Waals surface area contributed by atoms with E-state index in [9.17, 15) is 90.1 Å². The van der Waals surface area contributed by atoms with Gasteiger partial charge in [0.1, 0.15) is 97.7 Å². The maximum Gasteiger partial charge on any atom is 0.472 e. The SMILES string of the molecule is CCCCCCCCCCCCCCCCCCCCCC(=O)N[C@@H](COP(=O)(O)O[C@H]1C(O)C(O)C(O)[C@@H](O)C1O[C@H]1O[C@H](COP(=O)(O)OC2C(O)C(O)C(O)[C@@H](O)C2O)[C@@H](O)C(O)C1O)[C@H](O)CCCCCCCCCCCCCCC. The lowest BCUT2D eigenvalue weighted by Crippen LogP contribution is -2.67. The first kappa shape index (κ1) is 78.3. The van der Waals surface area contributed by atoms with Gasteiger partial charge in [-0.2, -0.15) is 0 Å². The minimum atomic E-state index is -5.50. The van der Waals surface area contributed by atoms with Gasteiger partial charge in [0, 0.05) is 6.42 Å². The van der Waals surface area contributed by atoms with E-state index in [1.807, 2.05) is 0 Å². The van der Waals surface area contributed by atoms with E-state index in [4.69, 9.17) is 27.6 Å². The zero-order valence-electron chi connectivity index (χ0n) is 50.7. The molecule has 0 aromatic rings. The van der Waals surface area contributed by atoms with Crippen LogP contribution < -0.4 is 5.32 Å². The van der Waals surface area contributed by atoms with Gasteiger partial charge in [-0.1, -0.05) is 213 Å². The second-order valence-electron chi connectivity index (χ2n) is 24.1. The second-order valence-corrected chi connectivity index (χ2v) is 26.9. The van der Waals surface area contributed by atoms with Crippen molar-refractivity contribution in [3.05, 3.63) is 0 Å². The number of ether oxygens (including phenoxy) is 2. The van der Waals surface area contributed by atoms with Crippen molar-refractivity contribution in [1.82, 2.24) is 5.32 Å². The number of aliphatic hydroxyl groups is 13. The molecule has 3 aliphatic rings. The van der Waals surface area contributed by atoms with Gasteiger partial charge in [0.25, 0.3) is 0 Å². The van der Waals surface area contributed by atoms with Gasteiger partial charge in [-0.05, 0) is 12.8 Å². The van der Waals surface area contributed by atoms with E-state index in [0.29, 0.717) is 12.8 Å². The Morgan fingerprint density at radius 3 is 1.18 bits per heavy atom. The van der Waals surface area contributed by atoms with Gasteiger partial charge in [-0.15, -0.1) is 0 Å². The Balaban J connectivity index is 1.59. The van der Waals surface area contributed by atoms with Crippen LogP contribution in [-0.2, 0) is 41.5 Å². The summed E-state index contributed by atoms with van der Waals surface area (Å²) in [6, 6.07) is -1.24. The average Bonchev–Trinajstić information content (AvgIpc) is 2.13. The number of phosphoric ester groups is 2. The Bertz CT molecular complexity index is 1820. The molecule has 0 aromatic carbocycles. The fourth-order valence-corrected chi connectivity index (χ4v) is 13.2. The molecular formula is C58H113NO24P2. The number of hydrogen-bond acceptors (Lipinski definition) is 22. The van der Waals surface area contributed by atoms with Gasteiger partial charge in [-0.25, -0.2) is 9.13 Å². The van der Waals surface area contributed by atoms with Crippen molar-refractivity contribution in [1.29, 1.82) is 0 Å². The number of unbranched alkanes of at least 4 members (excludes halogenated alkanes) is 30. The molecule has 2 saturated carbocycles. The molecule has 16 N–H and O–H groups in total. The molecule has 0 aromatic heterocycles. The highest BCUT2D eigenvalue weighted by molar-refractivity contribution is 7.47. The third kappa shape index (κ3) is 29.1. The van der Waals surface area contributed by atoms with Crippen LogP contribution >= 0.6 is 15.6 Å². The van der Waals surface area contributed by atoms with Gasteiger partial charge in [0.2, 0.25) is 5.91 Å². The largest absolute Gasteiger partial charge is 0.472 e. The summed E-state index contributed by atoms with van der Waals surface area (Å²) in [5, 5.41) is 140. The molecule has 3 fully saturated rings. The van der Waals surface area contributed by atoms with E-state index >= 15 is 0 Å².